The first-order valence-corrected chi connectivity index (χ1v) is 5.17. The molecule has 0 saturated carbocycles. The third-order valence-corrected chi connectivity index (χ3v) is 2.43. The zero-order chi connectivity index (χ0) is 13.0. The summed E-state index contributed by atoms with van der Waals surface area (Å²) in [5, 5.41) is 9.69. The number of hydrogen-bond acceptors (Lipinski definition) is 4. The van der Waals surface area contributed by atoms with Crippen molar-refractivity contribution in [2.75, 3.05) is 26.1 Å². The van der Waals surface area contributed by atoms with E-state index in [0.717, 1.165) is 0 Å². The summed E-state index contributed by atoms with van der Waals surface area (Å²) < 4.78 is 18.0. The summed E-state index contributed by atoms with van der Waals surface area (Å²) in [6, 6.07) is 4.38. The van der Waals surface area contributed by atoms with Gasteiger partial charge in [0.1, 0.15) is 5.82 Å². The van der Waals surface area contributed by atoms with Gasteiger partial charge in [-0.15, -0.1) is 0 Å². The van der Waals surface area contributed by atoms with Crippen LogP contribution in [0.5, 0.6) is 0 Å². The number of halogens is 1. The van der Waals surface area contributed by atoms with E-state index < -0.39 is 17.9 Å². The summed E-state index contributed by atoms with van der Waals surface area (Å²) in [6.07, 6.45) is -1.23. The second-order valence-corrected chi connectivity index (χ2v) is 3.90. The number of aliphatic hydroxyl groups is 1. The van der Waals surface area contributed by atoms with Gasteiger partial charge in [0, 0.05) is 14.1 Å². The summed E-state index contributed by atoms with van der Waals surface area (Å²) in [5.74, 6) is -0.967. The van der Waals surface area contributed by atoms with Crippen LogP contribution < -0.4 is 4.90 Å². The number of carbonyl (C=O) groups excluding carboxylic acids is 1. The number of hydrogen-bond donors (Lipinski definition) is 1. The zero-order valence-corrected chi connectivity index (χ0v) is 10.1. The smallest absolute Gasteiger partial charge is 0.308 e. The molecule has 1 rings (SSSR count). The van der Waals surface area contributed by atoms with Crippen LogP contribution in [0.3, 0.4) is 0 Å². The highest BCUT2D eigenvalue weighted by molar-refractivity contribution is 5.70. The van der Waals surface area contributed by atoms with Gasteiger partial charge in [0.15, 0.2) is 0 Å². The number of benzene rings is 1. The molecule has 0 amide bonds. The fraction of sp³-hybridized carbons (Fsp3) is 0.417. The molecule has 0 aliphatic carbocycles. The van der Waals surface area contributed by atoms with Crippen molar-refractivity contribution in [3.8, 4) is 0 Å². The van der Waals surface area contributed by atoms with Gasteiger partial charge in [-0.1, -0.05) is 6.07 Å². The molecule has 5 heteroatoms. The average Bonchev–Trinajstić information content (AvgIpc) is 2.28. The number of methoxy groups -OCH3 is 1. The molecule has 0 aromatic heterocycles. The largest absolute Gasteiger partial charge is 0.469 e. The van der Waals surface area contributed by atoms with Crippen molar-refractivity contribution in [1.29, 1.82) is 0 Å². The summed E-state index contributed by atoms with van der Waals surface area (Å²) >= 11 is 0. The molecule has 4 nitrogen and oxygen atoms in total. The summed E-state index contributed by atoms with van der Waals surface area (Å²) in [7, 11) is 4.69. The third-order valence-electron chi connectivity index (χ3n) is 2.43. The Morgan fingerprint density at radius 3 is 2.65 bits per heavy atom. The molecule has 94 valence electrons. The van der Waals surface area contributed by atoms with Gasteiger partial charge in [-0.25, -0.2) is 4.39 Å². The molecule has 0 spiro atoms. The second-order valence-electron chi connectivity index (χ2n) is 3.90. The number of nitrogens with zero attached hydrogens (tertiary/aromatic N) is 1. The lowest BCUT2D eigenvalue weighted by Crippen LogP contribution is -2.12. The Labute approximate surface area is 99.6 Å². The molecule has 1 aromatic rings. The lowest BCUT2D eigenvalue weighted by atomic mass is 10.1. The molecule has 0 bridgehead atoms. The van der Waals surface area contributed by atoms with Crippen LogP contribution in [0.15, 0.2) is 18.2 Å². The summed E-state index contributed by atoms with van der Waals surface area (Å²) in [6.45, 7) is 0. The van der Waals surface area contributed by atoms with E-state index in [4.69, 9.17) is 0 Å². The first-order valence-electron chi connectivity index (χ1n) is 5.17. The maximum absolute atomic E-state index is 13.6. The minimum Gasteiger partial charge on any atom is -0.469 e. The van der Waals surface area contributed by atoms with E-state index in [-0.39, 0.29) is 6.42 Å². The van der Waals surface area contributed by atoms with Crippen molar-refractivity contribution in [2.45, 2.75) is 12.5 Å². The number of rotatable bonds is 4. The van der Waals surface area contributed by atoms with E-state index in [1.165, 1.54) is 13.2 Å². The fourth-order valence-electron chi connectivity index (χ4n) is 1.45. The fourth-order valence-corrected chi connectivity index (χ4v) is 1.45. The maximum Gasteiger partial charge on any atom is 0.308 e. The average molecular weight is 241 g/mol. The molecule has 0 aliphatic rings. The quantitative estimate of drug-likeness (QED) is 0.811. The molecule has 0 radical (unpaired) electrons. The highest BCUT2D eigenvalue weighted by Gasteiger charge is 2.15. The van der Waals surface area contributed by atoms with Crippen LogP contribution in [0, 0.1) is 5.82 Å². The number of aliphatic hydroxyl groups excluding tert-OH is 1. The summed E-state index contributed by atoms with van der Waals surface area (Å²) in [5.41, 5.74) is 0.789. The van der Waals surface area contributed by atoms with Crippen LogP contribution in [0.25, 0.3) is 0 Å². The Hall–Kier alpha value is -1.62. The molecule has 0 saturated heterocycles. The van der Waals surface area contributed by atoms with Crippen LogP contribution in [0.4, 0.5) is 10.1 Å². The lowest BCUT2D eigenvalue weighted by Gasteiger charge is -2.16. The maximum atomic E-state index is 13.6. The molecule has 0 aliphatic heterocycles. The second kappa shape index (κ2) is 5.63. The minimum absolute atomic E-state index is 0.183. The van der Waals surface area contributed by atoms with Crippen LogP contribution in [-0.4, -0.2) is 32.3 Å². The predicted molar refractivity (Wildman–Crippen MR) is 62.3 cm³/mol. The number of esters is 1. The van der Waals surface area contributed by atoms with Crippen LogP contribution in [0.2, 0.25) is 0 Å². The van der Waals surface area contributed by atoms with Gasteiger partial charge in [0.05, 0.1) is 25.3 Å². The van der Waals surface area contributed by atoms with Gasteiger partial charge in [0.2, 0.25) is 0 Å². The van der Waals surface area contributed by atoms with Crippen molar-refractivity contribution in [3.63, 3.8) is 0 Å². The Bertz CT molecular complexity index is 407. The van der Waals surface area contributed by atoms with Gasteiger partial charge in [-0.3, -0.25) is 4.79 Å². The lowest BCUT2D eigenvalue weighted by molar-refractivity contribution is -0.142. The summed E-state index contributed by atoms with van der Waals surface area (Å²) in [4.78, 5) is 12.6. The number of anilines is 1. The number of ether oxygens (including phenoxy) is 1. The molecule has 1 N–H and O–H groups in total. The van der Waals surface area contributed by atoms with E-state index in [0.29, 0.717) is 11.3 Å². The van der Waals surface area contributed by atoms with Crippen molar-refractivity contribution >= 4 is 11.7 Å². The minimum atomic E-state index is -1.05. The Balaban J connectivity index is 2.86. The van der Waals surface area contributed by atoms with Crippen LogP contribution in [-0.2, 0) is 9.53 Å². The Morgan fingerprint density at radius 1 is 1.53 bits per heavy atom. The SMILES string of the molecule is COC(=O)C[C@@H](O)c1ccc(N(C)C)c(F)c1. The first-order chi connectivity index (χ1) is 7.95. The predicted octanol–water partition coefficient (Wildman–Crippen LogP) is 1.49. The standard InChI is InChI=1S/C12H16FNO3/c1-14(2)10-5-4-8(6-9(10)13)11(15)7-12(16)17-3/h4-6,11,15H,7H2,1-3H3/t11-/m1/s1. The van der Waals surface area contributed by atoms with E-state index >= 15 is 0 Å². The zero-order valence-electron chi connectivity index (χ0n) is 10.1. The molecule has 0 fully saturated rings. The third kappa shape index (κ3) is 3.42. The number of carbonyl (C=O) groups is 1. The van der Waals surface area contributed by atoms with Crippen LogP contribution >= 0.6 is 0 Å². The molecule has 0 heterocycles. The van der Waals surface area contributed by atoms with Gasteiger partial charge in [-0.2, -0.15) is 0 Å². The van der Waals surface area contributed by atoms with Crippen molar-refractivity contribution in [2.24, 2.45) is 0 Å². The van der Waals surface area contributed by atoms with Crippen molar-refractivity contribution in [3.05, 3.63) is 29.6 Å². The van der Waals surface area contributed by atoms with Crippen molar-refractivity contribution in [1.82, 2.24) is 0 Å². The highest BCUT2D eigenvalue weighted by Crippen LogP contribution is 2.23. The molecule has 1 aromatic carbocycles. The Kier molecular flexibility index (Phi) is 4.45. The van der Waals surface area contributed by atoms with E-state index in [2.05, 4.69) is 4.74 Å². The van der Waals surface area contributed by atoms with Gasteiger partial charge < -0.3 is 14.7 Å². The van der Waals surface area contributed by atoms with Gasteiger partial charge in [-0.05, 0) is 17.7 Å². The topological polar surface area (TPSA) is 49.8 Å². The van der Waals surface area contributed by atoms with Gasteiger partial charge in [0.25, 0.3) is 0 Å². The van der Waals surface area contributed by atoms with Crippen LogP contribution in [0.1, 0.15) is 18.1 Å². The van der Waals surface area contributed by atoms with Gasteiger partial charge >= 0.3 is 5.97 Å². The normalized spacial score (nSPS) is 12.1. The molecular formula is C12H16FNO3. The molecule has 17 heavy (non-hydrogen) atoms. The molecule has 1 atom stereocenters. The van der Waals surface area contributed by atoms with E-state index in [1.54, 1.807) is 31.1 Å². The molecular weight excluding hydrogens is 225 g/mol. The van der Waals surface area contributed by atoms with E-state index in [1.807, 2.05) is 0 Å². The first kappa shape index (κ1) is 13.4. The van der Waals surface area contributed by atoms with Crippen molar-refractivity contribution < 1.29 is 19.0 Å². The highest BCUT2D eigenvalue weighted by atomic mass is 19.1. The monoisotopic (exact) mass is 241 g/mol. The molecule has 0 unspecified atom stereocenters. The Morgan fingerprint density at radius 2 is 2.18 bits per heavy atom. The van der Waals surface area contributed by atoms with E-state index in [9.17, 15) is 14.3 Å².